The van der Waals surface area contributed by atoms with E-state index < -0.39 is 15.8 Å². The number of sulfonamides is 1. The van der Waals surface area contributed by atoms with E-state index in [-0.39, 0.29) is 34.8 Å². The molecule has 1 aromatic heterocycles. The molecule has 1 aromatic carbocycles. The van der Waals surface area contributed by atoms with E-state index >= 15 is 0 Å². The predicted octanol–water partition coefficient (Wildman–Crippen LogP) is 3.76. The quantitative estimate of drug-likeness (QED) is 0.679. The van der Waals surface area contributed by atoms with E-state index in [9.17, 15) is 17.6 Å². The third kappa shape index (κ3) is 4.54. The smallest absolute Gasteiger partial charge is 0.236 e. The zero-order chi connectivity index (χ0) is 20.3. The van der Waals surface area contributed by atoms with Crippen molar-refractivity contribution in [3.63, 3.8) is 0 Å². The molecule has 8 heteroatoms. The van der Waals surface area contributed by atoms with Gasteiger partial charge in [-0.2, -0.15) is 5.26 Å². The van der Waals surface area contributed by atoms with Crippen LogP contribution >= 0.6 is 0 Å². The number of pyridine rings is 1. The van der Waals surface area contributed by atoms with E-state index in [0.29, 0.717) is 24.8 Å². The Hall–Kier alpha value is -2.79. The maximum Gasteiger partial charge on any atom is 0.236 e. The molecule has 0 radical (unpaired) electrons. The molecule has 0 saturated heterocycles. The first-order valence-corrected chi connectivity index (χ1v) is 10.6. The molecule has 1 aliphatic carbocycles. The molecule has 0 aliphatic heterocycles. The highest BCUT2D eigenvalue weighted by Gasteiger charge is 2.36. The highest BCUT2D eigenvalue weighted by molar-refractivity contribution is 7.93. The van der Waals surface area contributed by atoms with Crippen LogP contribution in [0.3, 0.4) is 0 Å². The Labute approximate surface area is 163 Å². The number of carbonyl (C=O) groups is 1. The normalized spacial score (nSPS) is 14.9. The molecule has 2 aromatic rings. The summed E-state index contributed by atoms with van der Waals surface area (Å²) in [6, 6.07) is 9.07. The van der Waals surface area contributed by atoms with Gasteiger partial charge in [-0.25, -0.2) is 17.8 Å². The summed E-state index contributed by atoms with van der Waals surface area (Å²) in [7, 11) is -3.46. The number of ketones is 1. The summed E-state index contributed by atoms with van der Waals surface area (Å²) >= 11 is 0. The maximum absolute atomic E-state index is 13.6. The lowest BCUT2D eigenvalue weighted by molar-refractivity contribution is 0.0972. The first kappa shape index (κ1) is 20.0. The number of hydrogen-bond acceptors (Lipinski definition) is 5. The summed E-state index contributed by atoms with van der Waals surface area (Å²) in [6.45, 7) is 1.91. The second kappa shape index (κ2) is 8.07. The number of carbonyl (C=O) groups excluding carboxylic acids is 1. The molecule has 0 bridgehead atoms. The summed E-state index contributed by atoms with van der Waals surface area (Å²) in [5.41, 5.74) is 1.02. The zero-order valence-electron chi connectivity index (χ0n) is 15.4. The third-order valence-electron chi connectivity index (χ3n) is 4.80. The molecule has 6 nitrogen and oxygen atoms in total. The topological polar surface area (TPSA) is 99.9 Å². The number of aromatic nitrogens is 1. The zero-order valence-corrected chi connectivity index (χ0v) is 16.2. The monoisotopic (exact) mass is 401 g/mol. The second-order valence-corrected chi connectivity index (χ2v) is 8.82. The van der Waals surface area contributed by atoms with Crippen LogP contribution in [-0.2, 0) is 10.0 Å². The summed E-state index contributed by atoms with van der Waals surface area (Å²) in [4.78, 5) is 16.7. The predicted molar refractivity (Wildman–Crippen MR) is 103 cm³/mol. The number of Topliss-reactive ketones (excluding diaryl/α,β-unsaturated/α-hetero) is 1. The standard InChI is InChI=1S/C20H20FN3O3S/c1-2-13(14-3-6-18(21)16(9-14)12-22)10-19(25)15-7-8-23-20(11-15)24-28(26,27)17-4-5-17/h3,6-9,11,13,17H,2,4-5,10H2,1H3,(H,23,24). The highest BCUT2D eigenvalue weighted by atomic mass is 32.2. The summed E-state index contributed by atoms with van der Waals surface area (Å²) in [6.07, 6.45) is 3.45. The average Bonchev–Trinajstić information content (AvgIpc) is 3.52. The van der Waals surface area contributed by atoms with Crippen molar-refractivity contribution in [1.29, 1.82) is 5.26 Å². The Morgan fingerprint density at radius 2 is 2.11 bits per heavy atom. The fourth-order valence-corrected chi connectivity index (χ4v) is 4.32. The van der Waals surface area contributed by atoms with Crippen LogP contribution in [0.2, 0.25) is 0 Å². The molecule has 1 atom stereocenters. The van der Waals surface area contributed by atoms with Gasteiger partial charge in [-0.05, 0) is 55.0 Å². The van der Waals surface area contributed by atoms with Crippen LogP contribution in [0.1, 0.15) is 60.0 Å². The Morgan fingerprint density at radius 3 is 2.75 bits per heavy atom. The Bertz CT molecular complexity index is 1040. The van der Waals surface area contributed by atoms with E-state index in [2.05, 4.69) is 9.71 Å². The van der Waals surface area contributed by atoms with E-state index in [0.717, 1.165) is 5.56 Å². The first-order valence-electron chi connectivity index (χ1n) is 9.04. The minimum atomic E-state index is -3.46. The van der Waals surface area contributed by atoms with Gasteiger partial charge in [-0.3, -0.25) is 9.52 Å². The van der Waals surface area contributed by atoms with Crippen LogP contribution in [0.15, 0.2) is 36.5 Å². The van der Waals surface area contributed by atoms with Crippen molar-refractivity contribution in [3.8, 4) is 6.07 Å². The highest BCUT2D eigenvalue weighted by Crippen LogP contribution is 2.30. The van der Waals surface area contributed by atoms with Crippen LogP contribution in [-0.4, -0.2) is 24.4 Å². The summed E-state index contributed by atoms with van der Waals surface area (Å²) in [5, 5.41) is 8.62. The van der Waals surface area contributed by atoms with E-state index in [4.69, 9.17) is 5.26 Å². The SMILES string of the molecule is CCC(CC(=O)c1ccnc(NS(=O)(=O)C2CC2)c1)c1ccc(F)c(C#N)c1. The minimum Gasteiger partial charge on any atom is -0.294 e. The van der Waals surface area contributed by atoms with E-state index in [1.807, 2.05) is 13.0 Å². The van der Waals surface area contributed by atoms with Gasteiger partial charge in [0.25, 0.3) is 0 Å². The lowest BCUT2D eigenvalue weighted by Gasteiger charge is -2.15. The van der Waals surface area contributed by atoms with Crippen molar-refractivity contribution in [3.05, 3.63) is 59.0 Å². The molecule has 1 unspecified atom stereocenters. The van der Waals surface area contributed by atoms with Crippen molar-refractivity contribution in [2.75, 3.05) is 4.72 Å². The van der Waals surface area contributed by atoms with Gasteiger partial charge in [0.1, 0.15) is 17.7 Å². The van der Waals surface area contributed by atoms with Gasteiger partial charge in [0.05, 0.1) is 10.8 Å². The molecule has 1 heterocycles. The molecule has 146 valence electrons. The van der Waals surface area contributed by atoms with Crippen molar-refractivity contribution in [2.45, 2.75) is 43.8 Å². The van der Waals surface area contributed by atoms with Crippen molar-refractivity contribution in [2.24, 2.45) is 0 Å². The Morgan fingerprint density at radius 1 is 1.36 bits per heavy atom. The number of hydrogen-bond donors (Lipinski definition) is 1. The maximum atomic E-state index is 13.6. The number of nitrogens with one attached hydrogen (secondary N) is 1. The van der Waals surface area contributed by atoms with Crippen molar-refractivity contribution in [1.82, 2.24) is 4.98 Å². The van der Waals surface area contributed by atoms with Gasteiger partial charge < -0.3 is 0 Å². The molecule has 1 N–H and O–H groups in total. The second-order valence-electron chi connectivity index (χ2n) is 6.86. The van der Waals surface area contributed by atoms with Gasteiger partial charge in [0.15, 0.2) is 5.78 Å². The Kier molecular flexibility index (Phi) is 5.75. The van der Waals surface area contributed by atoms with Gasteiger partial charge in [0.2, 0.25) is 10.0 Å². The van der Waals surface area contributed by atoms with Gasteiger partial charge in [0, 0.05) is 18.2 Å². The third-order valence-corrected chi connectivity index (χ3v) is 6.64. The van der Waals surface area contributed by atoms with Gasteiger partial charge in [-0.1, -0.05) is 13.0 Å². The van der Waals surface area contributed by atoms with Crippen molar-refractivity contribution >= 4 is 21.6 Å². The fourth-order valence-electron chi connectivity index (χ4n) is 2.99. The largest absolute Gasteiger partial charge is 0.294 e. The van der Waals surface area contributed by atoms with Crippen LogP contribution in [0.5, 0.6) is 0 Å². The molecule has 1 fully saturated rings. The summed E-state index contributed by atoms with van der Waals surface area (Å²) < 4.78 is 40.1. The number of anilines is 1. The average molecular weight is 401 g/mol. The molecule has 0 amide bonds. The number of benzene rings is 1. The van der Waals surface area contributed by atoms with Crippen LogP contribution in [0, 0.1) is 17.1 Å². The molecule has 1 aliphatic rings. The van der Waals surface area contributed by atoms with Gasteiger partial charge in [-0.15, -0.1) is 0 Å². The minimum absolute atomic E-state index is 0.0518. The fraction of sp³-hybridized carbons (Fsp3) is 0.350. The molecular weight excluding hydrogens is 381 g/mol. The Balaban J connectivity index is 1.76. The van der Waals surface area contributed by atoms with Crippen LogP contribution in [0.4, 0.5) is 10.2 Å². The summed E-state index contributed by atoms with van der Waals surface area (Å²) in [5.74, 6) is -0.822. The van der Waals surface area contributed by atoms with Gasteiger partial charge >= 0.3 is 0 Å². The van der Waals surface area contributed by atoms with Crippen LogP contribution in [0.25, 0.3) is 0 Å². The number of nitriles is 1. The molecule has 1 saturated carbocycles. The van der Waals surface area contributed by atoms with Crippen LogP contribution < -0.4 is 4.72 Å². The van der Waals surface area contributed by atoms with Crippen molar-refractivity contribution < 1.29 is 17.6 Å². The van der Waals surface area contributed by atoms with E-state index in [1.54, 1.807) is 6.07 Å². The molecule has 3 rings (SSSR count). The lowest BCUT2D eigenvalue weighted by Crippen LogP contribution is -2.18. The molecule has 0 spiro atoms. The molecule has 28 heavy (non-hydrogen) atoms. The first-order chi connectivity index (χ1) is 13.3. The number of halogens is 1. The number of nitrogens with zero attached hydrogens (tertiary/aromatic N) is 2. The number of rotatable bonds is 8. The van der Waals surface area contributed by atoms with E-state index in [1.165, 1.54) is 30.5 Å². The lowest BCUT2D eigenvalue weighted by atomic mass is 9.89. The molecular formula is C20H20FN3O3S.